The molecule has 1 aromatic carbocycles. The van der Waals surface area contributed by atoms with Crippen LogP contribution in [0.25, 0.3) is 0 Å². The maximum absolute atomic E-state index is 14.6. The molecule has 1 N–H and O–H groups in total. The van der Waals surface area contributed by atoms with Gasteiger partial charge in [0.2, 0.25) is 17.7 Å². The minimum atomic E-state index is -0.748. The van der Waals surface area contributed by atoms with Gasteiger partial charge in [-0.3, -0.25) is 14.4 Å². The molecule has 1 aromatic rings. The lowest BCUT2D eigenvalue weighted by Crippen LogP contribution is -2.58. The Labute approximate surface area is 243 Å². The topological polar surface area (TPSA) is 81.2 Å². The molecular formula is C32H45N3O4S. The van der Waals surface area contributed by atoms with Crippen molar-refractivity contribution >= 4 is 29.5 Å². The van der Waals surface area contributed by atoms with Gasteiger partial charge in [-0.2, -0.15) is 0 Å². The third-order valence-corrected chi connectivity index (χ3v) is 11.1. The van der Waals surface area contributed by atoms with Crippen LogP contribution in [-0.4, -0.2) is 92.4 Å². The summed E-state index contributed by atoms with van der Waals surface area (Å²) in [6.07, 6.45) is 8.23. The number of rotatable bonds is 14. The van der Waals surface area contributed by atoms with Gasteiger partial charge in [0.1, 0.15) is 6.04 Å². The molecule has 0 aromatic heterocycles. The molecule has 0 aliphatic carbocycles. The molecule has 8 heteroatoms. The fourth-order valence-corrected chi connectivity index (χ4v) is 9.57. The van der Waals surface area contributed by atoms with Crippen molar-refractivity contribution in [3.63, 3.8) is 0 Å². The first-order valence-electron chi connectivity index (χ1n) is 14.6. The summed E-state index contributed by atoms with van der Waals surface area (Å²) in [6.45, 7) is 13.0. The smallest absolute Gasteiger partial charge is 0.247 e. The second kappa shape index (κ2) is 12.5. The molecule has 40 heavy (non-hydrogen) atoms. The molecule has 1 spiro atoms. The van der Waals surface area contributed by atoms with E-state index in [1.54, 1.807) is 40.8 Å². The Balaban J connectivity index is 1.79. The molecular weight excluding hydrogens is 522 g/mol. The molecule has 0 saturated carbocycles. The van der Waals surface area contributed by atoms with Gasteiger partial charge in [0, 0.05) is 31.4 Å². The fraction of sp³-hybridized carbons (Fsp3) is 0.594. The van der Waals surface area contributed by atoms with Gasteiger partial charge in [0.15, 0.2) is 0 Å². The minimum Gasteiger partial charge on any atom is -0.394 e. The number of carbonyl (C=O) groups is 3. The molecule has 3 aliphatic heterocycles. The van der Waals surface area contributed by atoms with Gasteiger partial charge in [0.05, 0.1) is 29.2 Å². The Morgan fingerprint density at radius 2 is 1.85 bits per heavy atom. The van der Waals surface area contributed by atoms with E-state index in [0.29, 0.717) is 32.5 Å². The highest BCUT2D eigenvalue weighted by molar-refractivity contribution is 8.02. The standard InChI is InChI=1S/C32H45N3O4S/c1-6-9-13-20-34(19-8-3)30(39)27-32-17-16-31(4,40-32)25(28(37)33(5)18-7-2)26(32)29(38)35(27)24(22-36)21-23-14-11-10-12-15-23/h7-8,10-12,14-15,24-27,36H,2-3,6,9,13,16-22H2,1,4-5H3/t24-,25+,26+,27?,31-,32?/m1/s1. The average Bonchev–Trinajstić information content (AvgIpc) is 3.52. The maximum Gasteiger partial charge on any atom is 0.247 e. The van der Waals surface area contributed by atoms with E-state index in [-0.39, 0.29) is 24.3 Å². The summed E-state index contributed by atoms with van der Waals surface area (Å²) in [7, 11) is 1.75. The van der Waals surface area contributed by atoms with Crippen LogP contribution in [0.2, 0.25) is 0 Å². The number of hydrogen-bond acceptors (Lipinski definition) is 5. The third kappa shape index (κ3) is 5.25. The Morgan fingerprint density at radius 3 is 2.48 bits per heavy atom. The van der Waals surface area contributed by atoms with Crippen molar-refractivity contribution in [1.29, 1.82) is 0 Å². The molecule has 0 radical (unpaired) electrons. The molecule has 3 heterocycles. The number of carbonyl (C=O) groups excluding carboxylic acids is 3. The predicted molar refractivity (Wildman–Crippen MR) is 161 cm³/mol. The van der Waals surface area contributed by atoms with Crippen LogP contribution in [0.15, 0.2) is 55.6 Å². The van der Waals surface area contributed by atoms with Gasteiger partial charge in [-0.25, -0.2) is 0 Å². The van der Waals surface area contributed by atoms with E-state index in [0.717, 1.165) is 31.2 Å². The number of thioether (sulfide) groups is 1. The van der Waals surface area contributed by atoms with Crippen LogP contribution < -0.4 is 0 Å². The number of benzene rings is 1. The van der Waals surface area contributed by atoms with Crippen LogP contribution in [-0.2, 0) is 20.8 Å². The van der Waals surface area contributed by atoms with Gasteiger partial charge in [-0.05, 0) is 38.2 Å². The van der Waals surface area contributed by atoms with Gasteiger partial charge in [-0.15, -0.1) is 24.9 Å². The van der Waals surface area contributed by atoms with Crippen molar-refractivity contribution in [3.05, 3.63) is 61.2 Å². The molecule has 3 aliphatic rings. The normalized spacial score (nSPS) is 29.2. The van der Waals surface area contributed by atoms with E-state index in [2.05, 4.69) is 27.0 Å². The largest absolute Gasteiger partial charge is 0.394 e. The van der Waals surface area contributed by atoms with Crippen LogP contribution >= 0.6 is 11.8 Å². The second-order valence-electron chi connectivity index (χ2n) is 11.8. The Kier molecular flexibility index (Phi) is 9.51. The van der Waals surface area contributed by atoms with Gasteiger partial charge in [-0.1, -0.05) is 62.2 Å². The van der Waals surface area contributed by atoms with Crippen molar-refractivity contribution in [2.75, 3.05) is 33.3 Å². The number of hydrogen-bond donors (Lipinski definition) is 1. The zero-order valence-electron chi connectivity index (χ0n) is 24.3. The summed E-state index contributed by atoms with van der Waals surface area (Å²) >= 11 is 1.67. The number of amides is 3. The third-order valence-electron chi connectivity index (χ3n) is 9.10. The maximum atomic E-state index is 14.6. The second-order valence-corrected chi connectivity index (χ2v) is 13.7. The van der Waals surface area contributed by atoms with Crippen molar-refractivity contribution < 1.29 is 19.5 Å². The summed E-state index contributed by atoms with van der Waals surface area (Å²) in [5.41, 5.74) is 0.989. The van der Waals surface area contributed by atoms with Gasteiger partial charge < -0.3 is 19.8 Å². The van der Waals surface area contributed by atoms with Crippen LogP contribution in [0.4, 0.5) is 0 Å². The van der Waals surface area contributed by atoms with E-state index in [1.807, 2.05) is 35.2 Å². The summed E-state index contributed by atoms with van der Waals surface area (Å²) in [5, 5.41) is 10.7. The first-order valence-corrected chi connectivity index (χ1v) is 15.4. The van der Waals surface area contributed by atoms with Gasteiger partial charge in [0.25, 0.3) is 0 Å². The van der Waals surface area contributed by atoms with Crippen molar-refractivity contribution in [1.82, 2.24) is 14.7 Å². The average molecular weight is 568 g/mol. The van der Waals surface area contributed by atoms with Crippen molar-refractivity contribution in [2.45, 2.75) is 74.0 Å². The summed E-state index contributed by atoms with van der Waals surface area (Å²) < 4.78 is -1.15. The molecule has 2 bridgehead atoms. The highest BCUT2D eigenvalue weighted by Crippen LogP contribution is 2.71. The van der Waals surface area contributed by atoms with E-state index in [1.165, 1.54) is 0 Å². The molecule has 3 saturated heterocycles. The van der Waals surface area contributed by atoms with E-state index in [4.69, 9.17) is 0 Å². The number of likely N-dealkylation sites (N-methyl/N-ethyl adjacent to an activating group) is 1. The van der Waals surface area contributed by atoms with Crippen molar-refractivity contribution in [2.24, 2.45) is 11.8 Å². The molecule has 7 nitrogen and oxygen atoms in total. The number of likely N-dealkylation sites (tertiary alicyclic amines) is 1. The lowest BCUT2D eigenvalue weighted by molar-refractivity contribution is -0.147. The quantitative estimate of drug-likeness (QED) is 0.272. The monoisotopic (exact) mass is 567 g/mol. The van der Waals surface area contributed by atoms with Crippen LogP contribution in [0.5, 0.6) is 0 Å². The summed E-state index contributed by atoms with van der Waals surface area (Å²) in [5.74, 6) is -1.49. The lowest BCUT2D eigenvalue weighted by Gasteiger charge is -2.39. The first kappa shape index (κ1) is 30.4. The van der Waals surface area contributed by atoms with Crippen LogP contribution in [0.3, 0.4) is 0 Å². The van der Waals surface area contributed by atoms with Crippen molar-refractivity contribution in [3.8, 4) is 0 Å². The minimum absolute atomic E-state index is 0.0719. The highest BCUT2D eigenvalue weighted by atomic mass is 32.2. The number of aliphatic hydroxyl groups is 1. The van der Waals surface area contributed by atoms with E-state index < -0.39 is 33.4 Å². The molecule has 3 amide bonds. The fourth-order valence-electron chi connectivity index (χ4n) is 7.24. The zero-order valence-corrected chi connectivity index (χ0v) is 25.1. The number of aliphatic hydroxyl groups excluding tert-OH is 1. The zero-order chi connectivity index (χ0) is 29.1. The predicted octanol–water partition coefficient (Wildman–Crippen LogP) is 3.92. The SMILES string of the molecule is C=CCN(C)C(=O)[C@@H]1[C@H]2C(=O)N([C@@H](CO)Cc3ccccc3)C(C(=O)N(CC=C)CCCCC)C23CC[C@@]1(C)S3. The Hall–Kier alpha value is -2.58. The highest BCUT2D eigenvalue weighted by Gasteiger charge is 2.78. The molecule has 4 rings (SSSR count). The number of nitrogens with zero attached hydrogens (tertiary/aromatic N) is 3. The van der Waals surface area contributed by atoms with Crippen LogP contribution in [0, 0.1) is 11.8 Å². The van der Waals surface area contributed by atoms with Gasteiger partial charge >= 0.3 is 0 Å². The molecule has 218 valence electrons. The van der Waals surface area contributed by atoms with E-state index >= 15 is 0 Å². The Bertz CT molecular complexity index is 1110. The molecule has 2 unspecified atom stereocenters. The number of unbranched alkanes of at least 4 members (excludes halogenated alkanes) is 2. The summed E-state index contributed by atoms with van der Waals surface area (Å²) in [4.78, 5) is 48.2. The Morgan fingerprint density at radius 1 is 1.15 bits per heavy atom. The first-order chi connectivity index (χ1) is 19.2. The molecule has 6 atom stereocenters. The molecule has 3 fully saturated rings. The lowest BCUT2D eigenvalue weighted by atomic mass is 9.66. The van der Waals surface area contributed by atoms with Crippen LogP contribution in [0.1, 0.15) is 51.5 Å². The summed E-state index contributed by atoms with van der Waals surface area (Å²) in [6, 6.07) is 8.45. The van der Waals surface area contributed by atoms with E-state index in [9.17, 15) is 19.5 Å². The number of fused-ring (bicyclic) bond motifs is 1.